The minimum Gasteiger partial charge on any atom is -0.485 e. The molecule has 1 aliphatic rings. The number of hydrogen-bond acceptors (Lipinski definition) is 6. The number of fused-ring (bicyclic) bond motifs is 2. The molecule has 0 unspecified atom stereocenters. The average Bonchev–Trinajstić information content (AvgIpc) is 3.23. The lowest BCUT2D eigenvalue weighted by Gasteiger charge is -2.29. The van der Waals surface area contributed by atoms with E-state index in [2.05, 4.69) is 4.98 Å². The molecule has 162 valence electrons. The van der Waals surface area contributed by atoms with Crippen LogP contribution in [0.4, 0.5) is 19.6 Å². The fourth-order valence-electron chi connectivity index (χ4n) is 3.35. The van der Waals surface area contributed by atoms with Gasteiger partial charge in [-0.1, -0.05) is 47.4 Å². The first-order valence-electron chi connectivity index (χ1n) is 9.71. The van der Waals surface area contributed by atoms with Crippen molar-refractivity contribution >= 4 is 50.0 Å². The van der Waals surface area contributed by atoms with Gasteiger partial charge in [-0.2, -0.15) is 8.78 Å². The standard InChI is InChI=1S/C23H16F2N2O3S2/c24-22(25)31-15-11-9-14(10-12-15)27(23-26-16-5-1-4-8-20(16)32-23)21(28)19-13-29-17-6-2-3-7-18(17)30-19/h1-12,19,22H,13H2/t19-/m1/s1. The lowest BCUT2D eigenvalue weighted by atomic mass is 10.2. The predicted molar refractivity (Wildman–Crippen MR) is 121 cm³/mol. The van der Waals surface area contributed by atoms with Crippen molar-refractivity contribution in [3.05, 3.63) is 72.8 Å². The van der Waals surface area contributed by atoms with Gasteiger partial charge in [0.15, 0.2) is 16.6 Å². The van der Waals surface area contributed by atoms with E-state index < -0.39 is 11.9 Å². The number of hydrogen-bond donors (Lipinski definition) is 0. The Hall–Kier alpha value is -3.17. The maximum Gasteiger partial charge on any atom is 0.288 e. The molecule has 3 aromatic carbocycles. The van der Waals surface area contributed by atoms with Crippen molar-refractivity contribution in [2.45, 2.75) is 16.8 Å². The zero-order chi connectivity index (χ0) is 22.1. The molecule has 0 bridgehead atoms. The third-order valence-corrected chi connectivity index (χ3v) is 6.54. The van der Waals surface area contributed by atoms with Crippen molar-refractivity contribution in [2.24, 2.45) is 0 Å². The van der Waals surface area contributed by atoms with Gasteiger partial charge in [0, 0.05) is 4.90 Å². The number of nitrogens with zero attached hydrogens (tertiary/aromatic N) is 2. The van der Waals surface area contributed by atoms with Gasteiger partial charge in [-0.05, 0) is 48.5 Å². The Bertz CT molecular complexity index is 1230. The highest BCUT2D eigenvalue weighted by molar-refractivity contribution is 7.99. The van der Waals surface area contributed by atoms with Crippen LogP contribution in [0.3, 0.4) is 0 Å². The number of anilines is 2. The van der Waals surface area contributed by atoms with Crippen molar-refractivity contribution in [3.63, 3.8) is 0 Å². The van der Waals surface area contributed by atoms with Gasteiger partial charge in [0.1, 0.15) is 6.61 Å². The summed E-state index contributed by atoms with van der Waals surface area (Å²) in [5, 5.41) is 0.466. The van der Waals surface area contributed by atoms with Crippen LogP contribution in [0.5, 0.6) is 11.5 Å². The summed E-state index contributed by atoms with van der Waals surface area (Å²) in [6.07, 6.45) is -0.882. The van der Waals surface area contributed by atoms with E-state index in [0.29, 0.717) is 39.0 Å². The minimum atomic E-state index is -2.52. The number of alkyl halides is 2. The van der Waals surface area contributed by atoms with E-state index in [1.165, 1.54) is 16.2 Å². The van der Waals surface area contributed by atoms with E-state index in [1.807, 2.05) is 30.3 Å². The van der Waals surface area contributed by atoms with E-state index in [1.54, 1.807) is 42.5 Å². The van der Waals surface area contributed by atoms with Gasteiger partial charge in [-0.15, -0.1) is 0 Å². The minimum absolute atomic E-state index is 0.0521. The topological polar surface area (TPSA) is 51.7 Å². The van der Waals surface area contributed by atoms with Crippen LogP contribution in [0.15, 0.2) is 77.7 Å². The molecule has 0 saturated carbocycles. The average molecular weight is 471 g/mol. The SMILES string of the molecule is O=C([C@H]1COc2ccccc2O1)N(c1ccc(SC(F)F)cc1)c1nc2ccccc2s1. The molecule has 0 fully saturated rings. The summed E-state index contributed by atoms with van der Waals surface area (Å²) in [4.78, 5) is 20.1. The molecule has 1 aromatic heterocycles. The number of carbonyl (C=O) groups is 1. The summed E-state index contributed by atoms with van der Waals surface area (Å²) in [6, 6.07) is 21.1. The molecule has 4 aromatic rings. The van der Waals surface area contributed by atoms with Gasteiger partial charge < -0.3 is 9.47 Å². The lowest BCUT2D eigenvalue weighted by Crippen LogP contribution is -2.44. The molecule has 0 saturated heterocycles. The zero-order valence-corrected chi connectivity index (χ0v) is 18.1. The summed E-state index contributed by atoms with van der Waals surface area (Å²) in [7, 11) is 0. The quantitative estimate of drug-likeness (QED) is 0.329. The Morgan fingerprint density at radius 2 is 1.75 bits per heavy atom. The number of amides is 1. The fourth-order valence-corrected chi connectivity index (χ4v) is 4.84. The lowest BCUT2D eigenvalue weighted by molar-refractivity contribution is -0.126. The van der Waals surface area contributed by atoms with Crippen molar-refractivity contribution in [3.8, 4) is 11.5 Å². The van der Waals surface area contributed by atoms with Crippen molar-refractivity contribution in [1.82, 2.24) is 4.98 Å². The smallest absolute Gasteiger partial charge is 0.288 e. The van der Waals surface area contributed by atoms with Gasteiger partial charge in [-0.3, -0.25) is 9.69 Å². The maximum absolute atomic E-state index is 13.6. The summed E-state index contributed by atoms with van der Waals surface area (Å²) < 4.78 is 38.0. The summed E-state index contributed by atoms with van der Waals surface area (Å²) in [5.74, 6) is -1.80. The van der Waals surface area contributed by atoms with E-state index in [0.717, 1.165) is 10.2 Å². The van der Waals surface area contributed by atoms with Crippen molar-refractivity contribution in [2.75, 3.05) is 11.5 Å². The van der Waals surface area contributed by atoms with Crippen LogP contribution in [0, 0.1) is 0 Å². The molecule has 32 heavy (non-hydrogen) atoms. The first kappa shape index (κ1) is 20.7. The predicted octanol–water partition coefficient (Wildman–Crippen LogP) is 6.12. The molecule has 1 atom stereocenters. The Morgan fingerprint density at radius 1 is 1.03 bits per heavy atom. The van der Waals surface area contributed by atoms with Gasteiger partial charge in [0.2, 0.25) is 6.10 Å². The second-order valence-corrected chi connectivity index (χ2v) is 8.95. The second kappa shape index (κ2) is 8.76. The zero-order valence-electron chi connectivity index (χ0n) is 16.5. The molecule has 2 heterocycles. The van der Waals surface area contributed by atoms with Crippen LogP contribution in [0.1, 0.15) is 0 Å². The number of carbonyl (C=O) groups excluding carboxylic acids is 1. The second-order valence-electron chi connectivity index (χ2n) is 6.87. The molecule has 0 spiro atoms. The van der Waals surface area contributed by atoms with Crippen molar-refractivity contribution < 1.29 is 23.0 Å². The maximum atomic E-state index is 13.6. The van der Waals surface area contributed by atoms with Crippen LogP contribution in [-0.4, -0.2) is 29.4 Å². The third kappa shape index (κ3) is 4.13. The monoisotopic (exact) mass is 470 g/mol. The largest absolute Gasteiger partial charge is 0.485 e. The van der Waals surface area contributed by atoms with Gasteiger partial charge >= 0.3 is 0 Å². The molecule has 0 radical (unpaired) electrons. The number of benzene rings is 3. The van der Waals surface area contributed by atoms with Crippen LogP contribution >= 0.6 is 23.1 Å². The summed E-state index contributed by atoms with van der Waals surface area (Å²) >= 11 is 1.82. The highest BCUT2D eigenvalue weighted by atomic mass is 32.2. The highest BCUT2D eigenvalue weighted by Gasteiger charge is 2.34. The molecule has 1 aliphatic heterocycles. The van der Waals surface area contributed by atoms with Gasteiger partial charge in [-0.25, -0.2) is 4.98 Å². The Balaban J connectivity index is 1.51. The van der Waals surface area contributed by atoms with E-state index >= 15 is 0 Å². The number of halogens is 2. The molecule has 5 rings (SSSR count). The summed E-state index contributed by atoms with van der Waals surface area (Å²) in [6.45, 7) is 0.0521. The number of para-hydroxylation sites is 3. The fraction of sp³-hybridized carbons (Fsp3) is 0.130. The number of thiazole rings is 1. The first-order chi connectivity index (χ1) is 15.6. The number of ether oxygens (including phenoxy) is 2. The Labute approximate surface area is 190 Å². The molecule has 5 nitrogen and oxygen atoms in total. The summed E-state index contributed by atoms with van der Waals surface area (Å²) in [5.41, 5.74) is 1.27. The van der Waals surface area contributed by atoms with E-state index in [9.17, 15) is 13.6 Å². The molecule has 0 aliphatic carbocycles. The van der Waals surface area contributed by atoms with E-state index in [-0.39, 0.29) is 12.5 Å². The molecule has 9 heteroatoms. The van der Waals surface area contributed by atoms with Crippen LogP contribution in [0.2, 0.25) is 0 Å². The van der Waals surface area contributed by atoms with E-state index in [4.69, 9.17) is 9.47 Å². The van der Waals surface area contributed by atoms with Gasteiger partial charge in [0.25, 0.3) is 11.7 Å². The molecular formula is C23H16F2N2O3S2. The number of aromatic nitrogens is 1. The first-order valence-corrected chi connectivity index (χ1v) is 11.4. The molecule has 0 N–H and O–H groups in total. The van der Waals surface area contributed by atoms with Crippen LogP contribution < -0.4 is 14.4 Å². The van der Waals surface area contributed by atoms with Crippen LogP contribution in [-0.2, 0) is 4.79 Å². The third-order valence-electron chi connectivity index (χ3n) is 4.80. The van der Waals surface area contributed by atoms with Crippen LogP contribution in [0.25, 0.3) is 10.2 Å². The molecular weight excluding hydrogens is 454 g/mol. The highest BCUT2D eigenvalue weighted by Crippen LogP contribution is 2.37. The van der Waals surface area contributed by atoms with Gasteiger partial charge in [0.05, 0.1) is 15.9 Å². The normalized spacial score (nSPS) is 15.2. The Morgan fingerprint density at radius 3 is 2.50 bits per heavy atom. The number of rotatable bonds is 5. The molecule has 1 amide bonds. The van der Waals surface area contributed by atoms with Crippen molar-refractivity contribution in [1.29, 1.82) is 0 Å². The number of thioether (sulfide) groups is 1. The Kier molecular flexibility index (Phi) is 5.67.